The highest BCUT2D eigenvalue weighted by atomic mass is 32.3. The molecule has 0 aliphatic carbocycles. The van der Waals surface area contributed by atoms with Crippen molar-refractivity contribution in [2.24, 2.45) is 5.92 Å². The molecule has 0 saturated carbocycles. The monoisotopic (exact) mass is 304 g/mol. The van der Waals surface area contributed by atoms with Gasteiger partial charge in [-0.15, -0.1) is 11.8 Å². The van der Waals surface area contributed by atoms with E-state index in [1.165, 1.54) is 6.92 Å². The van der Waals surface area contributed by atoms with Gasteiger partial charge >= 0.3 is 0 Å². The zero-order chi connectivity index (χ0) is 14.6. The maximum absolute atomic E-state index is 12.5. The van der Waals surface area contributed by atoms with Gasteiger partial charge in [-0.2, -0.15) is 0 Å². The first-order valence-electron chi connectivity index (χ1n) is 5.97. The summed E-state index contributed by atoms with van der Waals surface area (Å²) in [5.74, 6) is -0.707. The second-order valence-electron chi connectivity index (χ2n) is 4.55. The summed E-state index contributed by atoms with van der Waals surface area (Å²) in [5.41, 5.74) is 0.980. The van der Waals surface area contributed by atoms with Crippen molar-refractivity contribution in [1.29, 1.82) is 0 Å². The molecule has 108 valence electrons. The minimum atomic E-state index is -3.58. The van der Waals surface area contributed by atoms with Gasteiger partial charge in [0.1, 0.15) is 4.58 Å². The lowest BCUT2D eigenvalue weighted by atomic mass is 10.1. The highest BCUT2D eigenvalue weighted by Gasteiger charge is 2.36. The minimum Gasteiger partial charge on any atom is -0.396 e. The molecule has 0 aromatic heterocycles. The van der Waals surface area contributed by atoms with Crippen LogP contribution in [0.5, 0.6) is 0 Å². The lowest BCUT2D eigenvalue weighted by Gasteiger charge is -2.26. The number of hydrogen-bond donors (Lipinski definition) is 2. The molecule has 0 spiro atoms. The molecule has 0 amide bonds. The maximum Gasteiger partial charge on any atom is 0.190 e. The van der Waals surface area contributed by atoms with Gasteiger partial charge in [0.25, 0.3) is 0 Å². The molecule has 0 aliphatic rings. The number of hydrogen-bond acceptors (Lipinski definition) is 5. The molecule has 4 nitrogen and oxygen atoms in total. The molecule has 0 radical (unpaired) electrons. The zero-order valence-electron chi connectivity index (χ0n) is 11.3. The van der Waals surface area contributed by atoms with Crippen LogP contribution in [0, 0.1) is 12.8 Å². The van der Waals surface area contributed by atoms with Gasteiger partial charge < -0.3 is 10.2 Å². The van der Waals surface area contributed by atoms with Gasteiger partial charge in [0.05, 0.1) is 17.6 Å². The minimum absolute atomic E-state index is 0.219. The van der Waals surface area contributed by atoms with E-state index in [4.69, 9.17) is 0 Å². The van der Waals surface area contributed by atoms with Crippen LogP contribution >= 0.6 is 11.8 Å². The van der Waals surface area contributed by atoms with Gasteiger partial charge in [-0.3, -0.25) is 0 Å². The van der Waals surface area contributed by atoms with E-state index in [9.17, 15) is 18.6 Å². The number of aliphatic hydroxyl groups excluding tert-OH is 2. The van der Waals surface area contributed by atoms with E-state index < -0.39 is 26.4 Å². The standard InChI is InChI=1S/C13H20O4S2/c1-9-4-6-11(7-5-9)19(16,17)13(18-3)12(8-14)10(2)15/h4-7,10,12-15H,8H2,1-3H3/t10-,12+,13?/m1/s1. The first-order valence-corrected chi connectivity index (χ1v) is 8.80. The number of rotatable bonds is 6. The summed E-state index contributed by atoms with van der Waals surface area (Å²) in [6, 6.07) is 6.59. The number of sulfone groups is 1. The van der Waals surface area contributed by atoms with Gasteiger partial charge in [0.2, 0.25) is 0 Å². The summed E-state index contributed by atoms with van der Waals surface area (Å²) in [7, 11) is -3.58. The van der Waals surface area contributed by atoms with Crippen molar-refractivity contribution in [2.75, 3.05) is 12.9 Å². The van der Waals surface area contributed by atoms with Crippen molar-refractivity contribution in [3.63, 3.8) is 0 Å². The van der Waals surface area contributed by atoms with Crippen LogP contribution in [0.25, 0.3) is 0 Å². The Morgan fingerprint density at radius 3 is 2.16 bits per heavy atom. The van der Waals surface area contributed by atoms with E-state index in [1.54, 1.807) is 30.5 Å². The largest absolute Gasteiger partial charge is 0.396 e. The van der Waals surface area contributed by atoms with E-state index >= 15 is 0 Å². The van der Waals surface area contributed by atoms with Crippen LogP contribution in [0.2, 0.25) is 0 Å². The quantitative estimate of drug-likeness (QED) is 0.832. The van der Waals surface area contributed by atoms with Gasteiger partial charge in [0, 0.05) is 5.92 Å². The first-order chi connectivity index (χ1) is 8.84. The van der Waals surface area contributed by atoms with Crippen LogP contribution in [-0.4, -0.2) is 42.2 Å². The number of benzene rings is 1. The zero-order valence-corrected chi connectivity index (χ0v) is 12.9. The lowest BCUT2D eigenvalue weighted by Crippen LogP contribution is -2.36. The average Bonchev–Trinajstić information content (AvgIpc) is 2.35. The fourth-order valence-electron chi connectivity index (χ4n) is 1.86. The van der Waals surface area contributed by atoms with Gasteiger partial charge in [-0.25, -0.2) is 8.42 Å². The van der Waals surface area contributed by atoms with Gasteiger partial charge in [-0.1, -0.05) is 17.7 Å². The fourth-order valence-corrected chi connectivity index (χ4v) is 5.43. The molecule has 0 heterocycles. The molecule has 0 aliphatic heterocycles. The Morgan fingerprint density at radius 2 is 1.79 bits per heavy atom. The Morgan fingerprint density at radius 1 is 1.26 bits per heavy atom. The summed E-state index contributed by atoms with van der Waals surface area (Å²) in [5, 5.41) is 18.9. The molecular weight excluding hydrogens is 284 g/mol. The Kier molecular flexibility index (Phi) is 5.85. The highest BCUT2D eigenvalue weighted by Crippen LogP contribution is 2.30. The normalized spacial score (nSPS) is 16.9. The number of thioether (sulfide) groups is 1. The molecule has 0 saturated heterocycles. The highest BCUT2D eigenvalue weighted by molar-refractivity contribution is 8.13. The maximum atomic E-state index is 12.5. The second-order valence-corrected chi connectivity index (χ2v) is 7.90. The summed E-state index contributed by atoms with van der Waals surface area (Å²) in [6.07, 6.45) is 0.782. The van der Waals surface area contributed by atoms with Crippen LogP contribution in [-0.2, 0) is 9.84 Å². The van der Waals surface area contributed by atoms with Crippen molar-refractivity contribution < 1.29 is 18.6 Å². The summed E-state index contributed by atoms with van der Waals surface area (Å²) < 4.78 is 24.2. The molecule has 1 rings (SSSR count). The third-order valence-electron chi connectivity index (χ3n) is 3.07. The van der Waals surface area contributed by atoms with Crippen molar-refractivity contribution in [2.45, 2.75) is 29.4 Å². The smallest absolute Gasteiger partial charge is 0.190 e. The van der Waals surface area contributed by atoms with E-state index in [2.05, 4.69) is 0 Å². The SMILES string of the molecule is CSC([C@@H](CO)[C@@H](C)O)S(=O)(=O)c1ccc(C)cc1. The Labute approximate surface area is 118 Å². The van der Waals surface area contributed by atoms with Crippen LogP contribution in [0.4, 0.5) is 0 Å². The molecule has 1 unspecified atom stereocenters. The van der Waals surface area contributed by atoms with E-state index in [-0.39, 0.29) is 11.5 Å². The van der Waals surface area contributed by atoms with E-state index in [0.29, 0.717) is 0 Å². The Balaban J connectivity index is 3.18. The lowest BCUT2D eigenvalue weighted by molar-refractivity contribution is 0.0887. The molecule has 6 heteroatoms. The summed E-state index contributed by atoms with van der Waals surface area (Å²) >= 11 is 1.13. The van der Waals surface area contributed by atoms with Gasteiger partial charge in [-0.05, 0) is 32.2 Å². The third-order valence-corrected chi connectivity index (χ3v) is 7.11. The first kappa shape index (κ1) is 16.5. The predicted molar refractivity (Wildman–Crippen MR) is 77.9 cm³/mol. The second kappa shape index (κ2) is 6.74. The topological polar surface area (TPSA) is 74.6 Å². The molecule has 2 N–H and O–H groups in total. The average molecular weight is 304 g/mol. The molecule has 19 heavy (non-hydrogen) atoms. The Bertz CT molecular complexity index is 494. The molecule has 0 fully saturated rings. The number of aliphatic hydroxyl groups is 2. The van der Waals surface area contributed by atoms with Crippen molar-refractivity contribution in [3.05, 3.63) is 29.8 Å². The van der Waals surface area contributed by atoms with Crippen molar-refractivity contribution in [3.8, 4) is 0 Å². The van der Waals surface area contributed by atoms with Crippen LogP contribution < -0.4 is 0 Å². The van der Waals surface area contributed by atoms with E-state index in [1.807, 2.05) is 6.92 Å². The third kappa shape index (κ3) is 3.72. The molecule has 3 atom stereocenters. The summed E-state index contributed by atoms with van der Waals surface area (Å²) in [4.78, 5) is 0.219. The molecule has 1 aromatic carbocycles. The molecule has 1 aromatic rings. The van der Waals surface area contributed by atoms with Crippen LogP contribution in [0.1, 0.15) is 12.5 Å². The Hall–Kier alpha value is -0.560. The van der Waals surface area contributed by atoms with Crippen molar-refractivity contribution >= 4 is 21.6 Å². The summed E-state index contributed by atoms with van der Waals surface area (Å²) in [6.45, 7) is 3.01. The van der Waals surface area contributed by atoms with E-state index in [0.717, 1.165) is 17.3 Å². The molecule has 0 bridgehead atoms. The number of aryl methyl sites for hydroxylation is 1. The molecular formula is C13H20O4S2. The van der Waals surface area contributed by atoms with Crippen molar-refractivity contribution in [1.82, 2.24) is 0 Å². The fraction of sp³-hybridized carbons (Fsp3) is 0.538. The van der Waals surface area contributed by atoms with Crippen LogP contribution in [0.15, 0.2) is 29.2 Å². The predicted octanol–water partition coefficient (Wildman–Crippen LogP) is 1.45. The van der Waals surface area contributed by atoms with Crippen LogP contribution in [0.3, 0.4) is 0 Å². The van der Waals surface area contributed by atoms with Gasteiger partial charge in [0.15, 0.2) is 9.84 Å².